The third-order valence-electron chi connectivity index (χ3n) is 2.37. The second-order valence-corrected chi connectivity index (χ2v) is 4.18. The fraction of sp³-hybridized carbons (Fsp3) is 0.692. The van der Waals surface area contributed by atoms with Crippen LogP contribution in [0.2, 0.25) is 0 Å². The molecule has 1 saturated carbocycles. The lowest BCUT2D eigenvalue weighted by atomic mass is 9.90. The predicted molar refractivity (Wildman–Crippen MR) is 69.6 cm³/mol. The van der Waals surface area contributed by atoms with Crippen molar-refractivity contribution in [1.82, 2.24) is 10.2 Å². The van der Waals surface area contributed by atoms with Crippen LogP contribution in [0.5, 0.6) is 0 Å². The van der Waals surface area contributed by atoms with Crippen molar-refractivity contribution in [2.45, 2.75) is 46.1 Å². The molecule has 0 bridgehead atoms. The third kappa shape index (κ3) is 6.09. The Hall–Kier alpha value is -1.32. The number of Topliss-reactive ketones (excluding diaryl/α,β-unsaturated/α-hetero) is 1. The molecule has 1 amide bonds. The number of amides is 1. The molecule has 0 radical (unpaired) electrons. The smallest absolute Gasteiger partial charge is 0.217 e. The van der Waals surface area contributed by atoms with Crippen molar-refractivity contribution < 1.29 is 9.59 Å². The van der Waals surface area contributed by atoms with E-state index in [0.717, 1.165) is 12.0 Å². The van der Waals surface area contributed by atoms with E-state index in [1.54, 1.807) is 0 Å². The highest BCUT2D eigenvalue weighted by atomic mass is 16.1. The molecule has 1 unspecified atom stereocenters. The SMILES string of the molecule is CC.CC(=O)NC1CCC(=O)/C(=C/N(C)C)C1. The van der Waals surface area contributed by atoms with Crippen LogP contribution in [0.25, 0.3) is 0 Å². The maximum absolute atomic E-state index is 11.6. The summed E-state index contributed by atoms with van der Waals surface area (Å²) in [6.07, 6.45) is 3.78. The van der Waals surface area contributed by atoms with Gasteiger partial charge in [-0.05, 0) is 12.8 Å². The maximum Gasteiger partial charge on any atom is 0.217 e. The fourth-order valence-corrected chi connectivity index (χ4v) is 1.79. The number of hydrogen-bond donors (Lipinski definition) is 1. The predicted octanol–water partition coefficient (Wildman–Crippen LogP) is 1.72. The van der Waals surface area contributed by atoms with E-state index >= 15 is 0 Å². The Kier molecular flexibility index (Phi) is 7.26. The van der Waals surface area contributed by atoms with Gasteiger partial charge in [0, 0.05) is 45.3 Å². The molecule has 4 nitrogen and oxygen atoms in total. The molecule has 0 saturated heterocycles. The Bertz CT molecular complexity index is 296. The Morgan fingerprint density at radius 2 is 2.00 bits per heavy atom. The zero-order valence-corrected chi connectivity index (χ0v) is 11.5. The topological polar surface area (TPSA) is 49.4 Å². The normalized spacial score (nSPS) is 21.6. The van der Waals surface area contributed by atoms with Gasteiger partial charge in [-0.2, -0.15) is 0 Å². The van der Waals surface area contributed by atoms with E-state index in [9.17, 15) is 9.59 Å². The van der Waals surface area contributed by atoms with Gasteiger partial charge in [0.15, 0.2) is 5.78 Å². The van der Waals surface area contributed by atoms with Gasteiger partial charge in [-0.3, -0.25) is 9.59 Å². The molecular formula is C13H24N2O2. The number of carbonyl (C=O) groups is 2. The van der Waals surface area contributed by atoms with Crippen molar-refractivity contribution in [2.75, 3.05) is 14.1 Å². The summed E-state index contributed by atoms with van der Waals surface area (Å²) in [6, 6.07) is 0.117. The Labute approximate surface area is 104 Å². The molecular weight excluding hydrogens is 216 g/mol. The summed E-state index contributed by atoms with van der Waals surface area (Å²) < 4.78 is 0. The van der Waals surface area contributed by atoms with E-state index in [1.165, 1.54) is 6.92 Å². The van der Waals surface area contributed by atoms with Crippen molar-refractivity contribution in [3.63, 3.8) is 0 Å². The lowest BCUT2D eigenvalue weighted by Gasteiger charge is -2.24. The first kappa shape index (κ1) is 15.7. The summed E-state index contributed by atoms with van der Waals surface area (Å²) in [4.78, 5) is 24.3. The van der Waals surface area contributed by atoms with Crippen LogP contribution in [0.15, 0.2) is 11.8 Å². The fourth-order valence-electron chi connectivity index (χ4n) is 1.79. The highest BCUT2D eigenvalue weighted by Gasteiger charge is 2.23. The molecule has 0 heterocycles. The number of nitrogens with zero attached hydrogens (tertiary/aromatic N) is 1. The van der Waals surface area contributed by atoms with E-state index in [0.29, 0.717) is 12.8 Å². The van der Waals surface area contributed by atoms with Crippen LogP contribution in [-0.2, 0) is 9.59 Å². The lowest BCUT2D eigenvalue weighted by molar-refractivity contribution is -0.121. The zero-order chi connectivity index (χ0) is 13.4. The van der Waals surface area contributed by atoms with Gasteiger partial charge in [0.2, 0.25) is 5.91 Å². The second-order valence-electron chi connectivity index (χ2n) is 4.18. The molecule has 17 heavy (non-hydrogen) atoms. The van der Waals surface area contributed by atoms with Crippen molar-refractivity contribution in [2.24, 2.45) is 0 Å². The number of hydrogen-bond acceptors (Lipinski definition) is 3. The summed E-state index contributed by atoms with van der Waals surface area (Å²) in [5.41, 5.74) is 0.810. The zero-order valence-electron chi connectivity index (χ0n) is 11.5. The minimum atomic E-state index is -0.0291. The molecule has 0 aromatic carbocycles. The molecule has 1 atom stereocenters. The molecule has 0 spiro atoms. The van der Waals surface area contributed by atoms with Gasteiger partial charge in [-0.1, -0.05) is 13.8 Å². The molecule has 1 aliphatic rings. The average Bonchev–Trinajstić information content (AvgIpc) is 2.24. The van der Waals surface area contributed by atoms with Gasteiger partial charge >= 0.3 is 0 Å². The minimum Gasteiger partial charge on any atom is -0.383 e. The van der Waals surface area contributed by atoms with Crippen molar-refractivity contribution >= 4 is 11.7 Å². The first-order valence-corrected chi connectivity index (χ1v) is 6.16. The molecule has 1 fully saturated rings. The summed E-state index contributed by atoms with van der Waals surface area (Å²) >= 11 is 0. The summed E-state index contributed by atoms with van der Waals surface area (Å²) in [5, 5.41) is 2.85. The number of carbonyl (C=O) groups excluding carboxylic acids is 2. The van der Waals surface area contributed by atoms with Crippen LogP contribution in [-0.4, -0.2) is 36.7 Å². The van der Waals surface area contributed by atoms with Gasteiger partial charge in [-0.15, -0.1) is 0 Å². The molecule has 0 aromatic heterocycles. The van der Waals surface area contributed by atoms with E-state index in [1.807, 2.05) is 39.0 Å². The van der Waals surface area contributed by atoms with Gasteiger partial charge in [0.25, 0.3) is 0 Å². The quantitative estimate of drug-likeness (QED) is 0.748. The standard InChI is InChI=1S/C11H18N2O2.C2H6/c1-8(14)12-10-4-5-11(15)9(6-10)7-13(2)3;1-2/h7,10H,4-6H2,1-3H3,(H,12,14);1-2H3/b9-7+;. The van der Waals surface area contributed by atoms with Crippen LogP contribution >= 0.6 is 0 Å². The van der Waals surface area contributed by atoms with Gasteiger partial charge < -0.3 is 10.2 Å². The van der Waals surface area contributed by atoms with E-state index in [4.69, 9.17) is 0 Å². The molecule has 0 aliphatic heterocycles. The minimum absolute atomic E-state index is 0.0291. The van der Waals surface area contributed by atoms with Crippen molar-refractivity contribution in [3.8, 4) is 0 Å². The summed E-state index contributed by atoms with van der Waals surface area (Å²) in [7, 11) is 3.78. The van der Waals surface area contributed by atoms with Crippen LogP contribution in [0.4, 0.5) is 0 Å². The number of nitrogens with one attached hydrogen (secondary N) is 1. The van der Waals surface area contributed by atoms with Gasteiger partial charge in [0.05, 0.1) is 0 Å². The molecule has 98 valence electrons. The number of rotatable bonds is 2. The maximum atomic E-state index is 11.6. The Balaban J connectivity index is 0.00000121. The van der Waals surface area contributed by atoms with Gasteiger partial charge in [-0.25, -0.2) is 0 Å². The van der Waals surface area contributed by atoms with Crippen LogP contribution in [0.3, 0.4) is 0 Å². The van der Waals surface area contributed by atoms with Crippen LogP contribution in [0, 0.1) is 0 Å². The molecule has 0 aromatic rings. The largest absolute Gasteiger partial charge is 0.383 e. The number of ketones is 1. The Morgan fingerprint density at radius 1 is 1.41 bits per heavy atom. The highest BCUT2D eigenvalue weighted by molar-refractivity contribution is 5.96. The monoisotopic (exact) mass is 240 g/mol. The Morgan fingerprint density at radius 3 is 2.47 bits per heavy atom. The van der Waals surface area contributed by atoms with E-state index in [2.05, 4.69) is 5.32 Å². The first-order chi connectivity index (χ1) is 7.99. The summed E-state index contributed by atoms with van der Waals surface area (Å²) in [5.74, 6) is 0.170. The van der Waals surface area contributed by atoms with Crippen LogP contribution < -0.4 is 5.32 Å². The molecule has 4 heteroatoms. The summed E-state index contributed by atoms with van der Waals surface area (Å²) in [6.45, 7) is 5.51. The van der Waals surface area contributed by atoms with Gasteiger partial charge in [0.1, 0.15) is 0 Å². The third-order valence-corrected chi connectivity index (χ3v) is 2.37. The lowest BCUT2D eigenvalue weighted by Crippen LogP contribution is -2.37. The molecule has 1 N–H and O–H groups in total. The van der Waals surface area contributed by atoms with Crippen molar-refractivity contribution in [3.05, 3.63) is 11.8 Å². The molecule has 1 rings (SSSR count). The van der Waals surface area contributed by atoms with E-state index in [-0.39, 0.29) is 17.7 Å². The second kappa shape index (κ2) is 7.87. The average molecular weight is 240 g/mol. The van der Waals surface area contributed by atoms with Crippen LogP contribution in [0.1, 0.15) is 40.0 Å². The highest BCUT2D eigenvalue weighted by Crippen LogP contribution is 2.20. The first-order valence-electron chi connectivity index (χ1n) is 6.16. The van der Waals surface area contributed by atoms with E-state index < -0.39 is 0 Å². The van der Waals surface area contributed by atoms with Crippen molar-refractivity contribution in [1.29, 1.82) is 0 Å². The molecule has 1 aliphatic carbocycles.